The highest BCUT2D eigenvalue weighted by molar-refractivity contribution is 7.89. The molecule has 0 bridgehead atoms. The molecule has 2 rings (SSSR count). The standard InChI is InChI=1S/C10H15N3O4S/c1-6-10(7(2)17-12-6)13-4-8(3-9(13)14)5-18(11,15)16/h8H,3-5H2,1-2H3,(H2,11,15,16). The maximum absolute atomic E-state index is 11.9. The molecule has 2 heterocycles. The molecule has 1 fully saturated rings. The van der Waals surface area contributed by atoms with Crippen molar-refractivity contribution in [2.45, 2.75) is 20.3 Å². The molecule has 0 aliphatic carbocycles. The second-order valence-electron chi connectivity index (χ2n) is 4.58. The van der Waals surface area contributed by atoms with Gasteiger partial charge in [0.1, 0.15) is 11.4 Å². The number of hydrogen-bond donors (Lipinski definition) is 1. The highest BCUT2D eigenvalue weighted by Gasteiger charge is 2.35. The lowest BCUT2D eigenvalue weighted by Gasteiger charge is -2.15. The molecule has 0 spiro atoms. The molecule has 8 heteroatoms. The van der Waals surface area contributed by atoms with E-state index >= 15 is 0 Å². The molecule has 7 nitrogen and oxygen atoms in total. The number of anilines is 1. The Morgan fingerprint density at radius 1 is 1.50 bits per heavy atom. The lowest BCUT2D eigenvalue weighted by molar-refractivity contribution is -0.117. The Morgan fingerprint density at radius 2 is 2.17 bits per heavy atom. The molecular weight excluding hydrogens is 258 g/mol. The number of hydrogen-bond acceptors (Lipinski definition) is 5. The number of carbonyl (C=O) groups excluding carboxylic acids is 1. The fourth-order valence-electron chi connectivity index (χ4n) is 2.30. The van der Waals surface area contributed by atoms with Crippen LogP contribution in [0.25, 0.3) is 0 Å². The van der Waals surface area contributed by atoms with Crippen LogP contribution < -0.4 is 10.0 Å². The average molecular weight is 273 g/mol. The third-order valence-corrected chi connectivity index (χ3v) is 3.87. The van der Waals surface area contributed by atoms with Gasteiger partial charge < -0.3 is 9.42 Å². The zero-order chi connectivity index (χ0) is 13.5. The van der Waals surface area contributed by atoms with Crippen molar-refractivity contribution in [3.05, 3.63) is 11.5 Å². The zero-order valence-corrected chi connectivity index (χ0v) is 11.0. The molecule has 0 aromatic carbocycles. The van der Waals surface area contributed by atoms with Gasteiger partial charge >= 0.3 is 0 Å². The van der Waals surface area contributed by atoms with Crippen LogP contribution in [0.15, 0.2) is 4.52 Å². The first-order valence-corrected chi connectivity index (χ1v) is 7.23. The molecular formula is C10H15N3O4S. The van der Waals surface area contributed by atoms with E-state index in [9.17, 15) is 13.2 Å². The van der Waals surface area contributed by atoms with Crippen LogP contribution in [0.1, 0.15) is 17.9 Å². The fraction of sp³-hybridized carbons (Fsp3) is 0.600. The molecule has 1 aromatic heterocycles. The van der Waals surface area contributed by atoms with Gasteiger partial charge in [-0.25, -0.2) is 13.6 Å². The van der Waals surface area contributed by atoms with Crippen LogP contribution in [0.5, 0.6) is 0 Å². The van der Waals surface area contributed by atoms with Crippen LogP contribution in [-0.4, -0.2) is 31.8 Å². The predicted molar refractivity (Wildman–Crippen MR) is 64.4 cm³/mol. The number of nitrogens with zero attached hydrogens (tertiary/aromatic N) is 2. The highest BCUT2D eigenvalue weighted by atomic mass is 32.2. The summed E-state index contributed by atoms with van der Waals surface area (Å²) in [5, 5.41) is 8.78. The maximum atomic E-state index is 11.9. The number of primary sulfonamides is 1. The van der Waals surface area contributed by atoms with Crippen LogP contribution in [0.2, 0.25) is 0 Å². The third kappa shape index (κ3) is 2.54. The minimum atomic E-state index is -3.56. The molecule has 1 aromatic rings. The molecule has 2 N–H and O–H groups in total. The Balaban J connectivity index is 2.20. The van der Waals surface area contributed by atoms with E-state index in [-0.39, 0.29) is 24.0 Å². The lowest BCUT2D eigenvalue weighted by atomic mass is 10.1. The Kier molecular flexibility index (Phi) is 3.16. The van der Waals surface area contributed by atoms with Gasteiger partial charge in [-0.1, -0.05) is 5.16 Å². The van der Waals surface area contributed by atoms with Gasteiger partial charge in [0.25, 0.3) is 0 Å². The van der Waals surface area contributed by atoms with Gasteiger partial charge in [-0.3, -0.25) is 4.79 Å². The van der Waals surface area contributed by atoms with E-state index in [1.807, 2.05) is 0 Å². The predicted octanol–water partition coefficient (Wildman–Crippen LogP) is -0.0672. The quantitative estimate of drug-likeness (QED) is 0.829. The first-order valence-electron chi connectivity index (χ1n) is 5.51. The smallest absolute Gasteiger partial charge is 0.227 e. The summed E-state index contributed by atoms with van der Waals surface area (Å²) < 4.78 is 27.1. The summed E-state index contributed by atoms with van der Waals surface area (Å²) >= 11 is 0. The summed E-state index contributed by atoms with van der Waals surface area (Å²) in [6.07, 6.45) is 0.181. The van der Waals surface area contributed by atoms with Crippen LogP contribution in [-0.2, 0) is 14.8 Å². The summed E-state index contributed by atoms with van der Waals surface area (Å²) in [4.78, 5) is 13.4. The summed E-state index contributed by atoms with van der Waals surface area (Å²) in [5.74, 6) is -0.0325. The van der Waals surface area contributed by atoms with E-state index in [0.717, 1.165) is 0 Å². The molecule has 1 saturated heterocycles. The number of aryl methyl sites for hydroxylation is 2. The van der Waals surface area contributed by atoms with E-state index in [0.29, 0.717) is 23.7 Å². The van der Waals surface area contributed by atoms with Gasteiger partial charge in [-0.05, 0) is 13.8 Å². The molecule has 1 aliphatic rings. The number of nitrogens with two attached hydrogens (primary N) is 1. The van der Waals surface area contributed by atoms with Crippen molar-refractivity contribution >= 4 is 21.6 Å². The molecule has 1 amide bonds. The SMILES string of the molecule is Cc1noc(C)c1N1CC(CS(N)(=O)=O)CC1=O. The normalized spacial score (nSPS) is 20.7. The zero-order valence-electron chi connectivity index (χ0n) is 10.2. The van der Waals surface area contributed by atoms with Crippen molar-refractivity contribution in [2.24, 2.45) is 11.1 Å². The second kappa shape index (κ2) is 4.36. The van der Waals surface area contributed by atoms with Crippen LogP contribution in [0, 0.1) is 19.8 Å². The van der Waals surface area contributed by atoms with E-state index in [1.165, 1.54) is 4.90 Å². The monoisotopic (exact) mass is 273 g/mol. The lowest BCUT2D eigenvalue weighted by Crippen LogP contribution is -2.28. The highest BCUT2D eigenvalue weighted by Crippen LogP contribution is 2.30. The van der Waals surface area contributed by atoms with Crippen LogP contribution in [0.3, 0.4) is 0 Å². The van der Waals surface area contributed by atoms with Crippen molar-refractivity contribution in [2.75, 3.05) is 17.2 Å². The van der Waals surface area contributed by atoms with Gasteiger partial charge in [0.15, 0.2) is 5.76 Å². The largest absolute Gasteiger partial charge is 0.359 e. The summed E-state index contributed by atoms with van der Waals surface area (Å²) in [6, 6.07) is 0. The Labute approximate surface area is 105 Å². The van der Waals surface area contributed by atoms with Crippen molar-refractivity contribution < 1.29 is 17.7 Å². The Bertz CT molecular complexity index is 558. The molecule has 0 radical (unpaired) electrons. The van der Waals surface area contributed by atoms with Crippen LogP contribution in [0.4, 0.5) is 5.69 Å². The van der Waals surface area contributed by atoms with E-state index in [4.69, 9.17) is 9.66 Å². The summed E-state index contributed by atoms with van der Waals surface area (Å²) in [7, 11) is -3.56. The van der Waals surface area contributed by atoms with Gasteiger partial charge in [0, 0.05) is 18.9 Å². The Hall–Kier alpha value is -1.41. The van der Waals surface area contributed by atoms with E-state index < -0.39 is 10.0 Å². The van der Waals surface area contributed by atoms with Gasteiger partial charge in [0.2, 0.25) is 15.9 Å². The first-order chi connectivity index (χ1) is 8.28. The molecule has 1 unspecified atom stereocenters. The summed E-state index contributed by atoms with van der Waals surface area (Å²) in [6.45, 7) is 3.79. The number of rotatable bonds is 3. The molecule has 18 heavy (non-hydrogen) atoms. The van der Waals surface area contributed by atoms with Crippen molar-refractivity contribution in [1.82, 2.24) is 5.16 Å². The minimum Gasteiger partial charge on any atom is -0.359 e. The molecule has 1 atom stereocenters. The number of aromatic nitrogens is 1. The molecule has 100 valence electrons. The van der Waals surface area contributed by atoms with Crippen molar-refractivity contribution in [3.8, 4) is 0 Å². The minimum absolute atomic E-state index is 0.127. The number of carbonyl (C=O) groups is 1. The fourth-order valence-corrected chi connectivity index (χ4v) is 3.18. The second-order valence-corrected chi connectivity index (χ2v) is 6.24. The van der Waals surface area contributed by atoms with Gasteiger partial charge in [-0.15, -0.1) is 0 Å². The van der Waals surface area contributed by atoms with Crippen molar-refractivity contribution in [1.29, 1.82) is 0 Å². The third-order valence-electron chi connectivity index (χ3n) is 2.94. The first kappa shape index (κ1) is 13.0. The molecule has 1 aliphatic heterocycles. The maximum Gasteiger partial charge on any atom is 0.227 e. The van der Waals surface area contributed by atoms with Crippen molar-refractivity contribution in [3.63, 3.8) is 0 Å². The topological polar surface area (TPSA) is 106 Å². The van der Waals surface area contributed by atoms with Crippen LogP contribution >= 0.6 is 0 Å². The number of sulfonamides is 1. The van der Waals surface area contributed by atoms with Gasteiger partial charge in [-0.2, -0.15) is 0 Å². The van der Waals surface area contributed by atoms with Gasteiger partial charge in [0.05, 0.1) is 5.75 Å². The summed E-state index contributed by atoms with van der Waals surface area (Å²) in [5.41, 5.74) is 1.26. The van der Waals surface area contributed by atoms with E-state index in [1.54, 1.807) is 13.8 Å². The average Bonchev–Trinajstić information content (AvgIpc) is 2.68. The van der Waals surface area contributed by atoms with E-state index in [2.05, 4.69) is 5.16 Å². The molecule has 0 saturated carbocycles. The number of amides is 1. The Morgan fingerprint density at radius 3 is 2.67 bits per heavy atom.